The van der Waals surface area contributed by atoms with E-state index in [-0.39, 0.29) is 36.5 Å². The number of benzene rings is 1. The number of hydrogen-bond donors (Lipinski definition) is 2. The molecule has 10 heteroatoms. The Morgan fingerprint density at radius 3 is 2.55 bits per heavy atom. The van der Waals surface area contributed by atoms with Gasteiger partial charge in [0.2, 0.25) is 5.91 Å². The average Bonchev–Trinajstić information content (AvgIpc) is 2.71. The van der Waals surface area contributed by atoms with Crippen molar-refractivity contribution >= 4 is 35.8 Å². The van der Waals surface area contributed by atoms with E-state index in [2.05, 4.69) is 15.5 Å². The van der Waals surface area contributed by atoms with Gasteiger partial charge in [0.05, 0.1) is 13.2 Å². The van der Waals surface area contributed by atoms with Crippen molar-refractivity contribution in [2.24, 2.45) is 10.9 Å². The van der Waals surface area contributed by atoms with Crippen LogP contribution in [-0.2, 0) is 22.7 Å². The van der Waals surface area contributed by atoms with Gasteiger partial charge >= 0.3 is 6.18 Å². The quantitative estimate of drug-likeness (QED) is 0.291. The van der Waals surface area contributed by atoms with Gasteiger partial charge in [-0.05, 0) is 36.8 Å². The maximum Gasteiger partial charge on any atom is 0.411 e. The first-order chi connectivity index (χ1) is 14.3. The highest BCUT2D eigenvalue weighted by atomic mass is 127. The number of carbonyl (C=O) groups excluding carboxylic acids is 1. The molecule has 176 valence electrons. The normalized spacial score (nSPS) is 15.4. The highest BCUT2D eigenvalue weighted by Crippen LogP contribution is 2.21. The molecule has 2 N–H and O–H groups in total. The van der Waals surface area contributed by atoms with Crippen molar-refractivity contribution in [2.75, 3.05) is 33.3 Å². The maximum atomic E-state index is 12.2. The fourth-order valence-corrected chi connectivity index (χ4v) is 3.41. The van der Waals surface area contributed by atoms with Gasteiger partial charge in [-0.25, -0.2) is 4.99 Å². The van der Waals surface area contributed by atoms with Crippen LogP contribution < -0.4 is 10.6 Å². The van der Waals surface area contributed by atoms with Crippen molar-refractivity contribution in [3.63, 3.8) is 0 Å². The number of likely N-dealkylation sites (tertiary alicyclic amines) is 1. The van der Waals surface area contributed by atoms with Crippen LogP contribution in [0.25, 0.3) is 0 Å². The fourth-order valence-electron chi connectivity index (χ4n) is 3.41. The van der Waals surface area contributed by atoms with Crippen LogP contribution in [0, 0.1) is 5.92 Å². The Balaban J connectivity index is 0.00000480. The Labute approximate surface area is 199 Å². The molecule has 1 heterocycles. The number of ether oxygens (including phenoxy) is 1. The van der Waals surface area contributed by atoms with Gasteiger partial charge in [-0.1, -0.05) is 24.3 Å². The molecule has 1 aliphatic heterocycles. The number of aliphatic imine (C=N–C) groups is 1. The van der Waals surface area contributed by atoms with Crippen LogP contribution in [0.2, 0.25) is 0 Å². The zero-order valence-electron chi connectivity index (χ0n) is 18.0. The van der Waals surface area contributed by atoms with Gasteiger partial charge in [-0.3, -0.25) is 4.79 Å². The predicted molar refractivity (Wildman–Crippen MR) is 125 cm³/mol. The molecule has 0 bridgehead atoms. The van der Waals surface area contributed by atoms with Crippen molar-refractivity contribution in [3.05, 3.63) is 35.4 Å². The Kier molecular flexibility index (Phi) is 12.2. The Morgan fingerprint density at radius 2 is 1.94 bits per heavy atom. The number of hydrogen-bond acceptors (Lipinski definition) is 3. The summed E-state index contributed by atoms with van der Waals surface area (Å²) in [5.74, 6) is 1.28. The van der Waals surface area contributed by atoms with Crippen molar-refractivity contribution in [3.8, 4) is 0 Å². The Morgan fingerprint density at radius 1 is 1.26 bits per heavy atom. The van der Waals surface area contributed by atoms with Crippen molar-refractivity contribution in [1.29, 1.82) is 0 Å². The second-order valence-electron chi connectivity index (χ2n) is 7.41. The fraction of sp³-hybridized carbons (Fsp3) is 0.619. The molecule has 1 aromatic rings. The van der Waals surface area contributed by atoms with E-state index in [0.717, 1.165) is 44.0 Å². The summed E-state index contributed by atoms with van der Waals surface area (Å²) >= 11 is 0. The Bertz CT molecular complexity index is 708. The lowest BCUT2D eigenvalue weighted by atomic mass is 9.93. The Hall–Kier alpha value is -1.56. The molecule has 31 heavy (non-hydrogen) atoms. The molecule has 0 spiro atoms. The molecule has 2 rings (SSSR count). The van der Waals surface area contributed by atoms with E-state index >= 15 is 0 Å². The van der Waals surface area contributed by atoms with E-state index < -0.39 is 12.8 Å². The largest absolute Gasteiger partial charge is 0.411 e. The molecule has 0 aliphatic carbocycles. The van der Waals surface area contributed by atoms with Crippen LogP contribution in [-0.4, -0.2) is 56.2 Å². The molecule has 1 amide bonds. The third-order valence-corrected chi connectivity index (χ3v) is 4.94. The number of nitrogens with one attached hydrogen (secondary N) is 2. The number of rotatable bonds is 8. The van der Waals surface area contributed by atoms with E-state index in [1.165, 1.54) is 0 Å². The number of piperidine rings is 1. The summed E-state index contributed by atoms with van der Waals surface area (Å²) in [6.07, 6.45) is -1.90. The zero-order valence-corrected chi connectivity index (χ0v) is 20.3. The molecule has 1 aliphatic rings. The summed E-state index contributed by atoms with van der Waals surface area (Å²) in [5.41, 5.74) is 1.60. The van der Waals surface area contributed by atoms with Crippen molar-refractivity contribution in [1.82, 2.24) is 15.5 Å². The lowest BCUT2D eigenvalue weighted by molar-refractivity contribution is -0.176. The highest BCUT2D eigenvalue weighted by molar-refractivity contribution is 14.0. The van der Waals surface area contributed by atoms with Gasteiger partial charge in [0.1, 0.15) is 6.61 Å². The molecule has 0 aromatic heterocycles. The van der Waals surface area contributed by atoms with Crippen LogP contribution >= 0.6 is 24.0 Å². The first-order valence-electron chi connectivity index (χ1n) is 10.3. The van der Waals surface area contributed by atoms with E-state index in [1.54, 1.807) is 19.2 Å². The van der Waals surface area contributed by atoms with Gasteiger partial charge in [-0.2, -0.15) is 13.2 Å². The third-order valence-electron chi connectivity index (χ3n) is 4.94. The third kappa shape index (κ3) is 10.5. The molecule has 1 aromatic carbocycles. The average molecular weight is 556 g/mol. The SMILES string of the molecule is CCNC(=NCc1cccc(COCC(F)(F)F)c1)N1CCC(CC(=O)NC)CC1.I. The van der Waals surface area contributed by atoms with Crippen molar-refractivity contribution in [2.45, 2.75) is 45.5 Å². The van der Waals surface area contributed by atoms with Crippen molar-refractivity contribution < 1.29 is 22.7 Å². The van der Waals surface area contributed by atoms with Gasteiger partial charge in [0, 0.05) is 33.1 Å². The number of halogens is 4. The van der Waals surface area contributed by atoms with Gasteiger partial charge < -0.3 is 20.3 Å². The molecule has 1 fully saturated rings. The summed E-state index contributed by atoms with van der Waals surface area (Å²) in [6.45, 7) is 3.49. The van der Waals surface area contributed by atoms with Crippen LogP contribution in [0.1, 0.15) is 37.3 Å². The van der Waals surface area contributed by atoms with Crippen LogP contribution in [0.5, 0.6) is 0 Å². The molecular formula is C21H32F3IN4O2. The molecule has 0 atom stereocenters. The summed E-state index contributed by atoms with van der Waals surface area (Å²) in [5, 5.41) is 5.98. The molecule has 0 saturated carbocycles. The lowest BCUT2D eigenvalue weighted by Gasteiger charge is -2.34. The lowest BCUT2D eigenvalue weighted by Crippen LogP contribution is -2.46. The number of nitrogens with zero attached hydrogens (tertiary/aromatic N) is 2. The number of amides is 1. The number of alkyl halides is 3. The molecule has 0 radical (unpaired) electrons. The topological polar surface area (TPSA) is 66.0 Å². The second kappa shape index (κ2) is 13.8. The minimum Gasteiger partial charge on any atom is -0.367 e. The van der Waals surface area contributed by atoms with Gasteiger partial charge in [0.15, 0.2) is 5.96 Å². The van der Waals surface area contributed by atoms with E-state index in [4.69, 9.17) is 9.73 Å². The maximum absolute atomic E-state index is 12.2. The van der Waals surface area contributed by atoms with E-state index in [0.29, 0.717) is 24.4 Å². The smallest absolute Gasteiger partial charge is 0.367 e. The molecule has 1 saturated heterocycles. The predicted octanol–water partition coefficient (Wildman–Crippen LogP) is 3.70. The zero-order chi connectivity index (χ0) is 22.0. The number of carbonyl (C=O) groups is 1. The van der Waals surface area contributed by atoms with Gasteiger partial charge in [-0.15, -0.1) is 24.0 Å². The van der Waals surface area contributed by atoms with Crippen LogP contribution in [0.15, 0.2) is 29.3 Å². The minimum absolute atomic E-state index is 0. The second-order valence-corrected chi connectivity index (χ2v) is 7.41. The van der Waals surface area contributed by atoms with Crippen LogP contribution in [0.3, 0.4) is 0 Å². The van der Waals surface area contributed by atoms with Crippen LogP contribution in [0.4, 0.5) is 13.2 Å². The van der Waals surface area contributed by atoms with E-state index in [1.807, 2.05) is 19.1 Å². The first-order valence-corrected chi connectivity index (χ1v) is 10.3. The molecular weight excluding hydrogens is 524 g/mol. The summed E-state index contributed by atoms with van der Waals surface area (Å²) < 4.78 is 41.4. The summed E-state index contributed by atoms with van der Waals surface area (Å²) in [4.78, 5) is 18.5. The van der Waals surface area contributed by atoms with E-state index in [9.17, 15) is 18.0 Å². The summed E-state index contributed by atoms with van der Waals surface area (Å²) in [7, 11) is 1.66. The summed E-state index contributed by atoms with van der Waals surface area (Å²) in [6, 6.07) is 7.26. The molecule has 6 nitrogen and oxygen atoms in total. The molecule has 0 unspecified atom stereocenters. The van der Waals surface area contributed by atoms with Gasteiger partial charge in [0.25, 0.3) is 0 Å². The monoisotopic (exact) mass is 556 g/mol. The minimum atomic E-state index is -4.32. The highest BCUT2D eigenvalue weighted by Gasteiger charge is 2.27. The number of guanidine groups is 1. The first kappa shape index (κ1) is 27.5. The standard InChI is InChI=1S/C21H31F3N4O2.HI/c1-3-26-20(28-9-7-16(8-10-28)12-19(29)25-2)27-13-17-5-4-6-18(11-17)14-30-15-21(22,23)24;/h4-6,11,16H,3,7-10,12-15H2,1-2H3,(H,25,29)(H,26,27);1H.